The van der Waals surface area contributed by atoms with E-state index < -0.39 is 0 Å². The molecular weight excluding hydrogens is 648 g/mol. The minimum atomic E-state index is -0.155. The number of hydrogen-bond donors (Lipinski definition) is 0. The first-order valence-corrected chi connectivity index (χ1v) is 16.8. The molecule has 1 unspecified atom stereocenters. The van der Waals surface area contributed by atoms with Gasteiger partial charge in [-0.05, 0) is 151 Å². The first-order valence-electron chi connectivity index (χ1n) is 16.8. The van der Waals surface area contributed by atoms with Gasteiger partial charge < -0.3 is 15.3 Å². The van der Waals surface area contributed by atoms with Crippen LogP contribution in [0.3, 0.4) is 0 Å². The van der Waals surface area contributed by atoms with Gasteiger partial charge in [-0.3, -0.25) is 0 Å². The van der Waals surface area contributed by atoms with Gasteiger partial charge in [0.15, 0.2) is 0 Å². The summed E-state index contributed by atoms with van der Waals surface area (Å²) in [6, 6.07) is 18.1. The van der Waals surface area contributed by atoms with Crippen LogP contribution in [0.2, 0.25) is 0 Å². The Morgan fingerprint density at radius 2 is 1.00 bits per heavy atom. The quantitative estimate of drug-likeness (QED) is 0.150. The minimum absolute atomic E-state index is 0. The van der Waals surface area contributed by atoms with Gasteiger partial charge in [-0.25, -0.2) is 4.99 Å². The molecule has 6 aromatic rings. The Balaban J connectivity index is 0.00000348. The standard InChI is InChI=1S/C44H37N4.Cu/c1-21-9-29-30(10-22(21)2)38-18-40-33-13-25(5)26(6)14-34(33)42(47-40)20-44-36-16-28(8)27(7)15-35(36)43(48-44)19-41-32-12-24(4)23(3)11-31(32)39(46-41)17-37(29)45-38;/h9-20,37H,1-8H3;/q-3;/b38-18-,39-17-,41-19-,44-20-;. The number of fused-ring (bicyclic) bond motifs is 19. The van der Waals surface area contributed by atoms with Crippen molar-refractivity contribution in [2.75, 3.05) is 0 Å². The Kier molecular flexibility index (Phi) is 7.12. The van der Waals surface area contributed by atoms with Crippen molar-refractivity contribution in [2.24, 2.45) is 4.99 Å². The summed E-state index contributed by atoms with van der Waals surface area (Å²) in [6.45, 7) is 17.4. The Bertz CT molecular complexity index is 2660. The number of hydrogen-bond acceptors (Lipinski definition) is 1. The Labute approximate surface area is 297 Å². The van der Waals surface area contributed by atoms with Crippen LogP contribution >= 0.6 is 0 Å². The Hall–Kier alpha value is -4.83. The topological polar surface area (TPSA) is 54.7 Å². The summed E-state index contributed by atoms with van der Waals surface area (Å²) in [7, 11) is 0. The van der Waals surface area contributed by atoms with E-state index in [-0.39, 0.29) is 23.1 Å². The third kappa shape index (κ3) is 4.82. The molecule has 9 rings (SSSR count). The summed E-state index contributed by atoms with van der Waals surface area (Å²) in [5, 5.41) is 11.9. The van der Waals surface area contributed by atoms with E-state index in [0.717, 1.165) is 71.9 Å². The van der Waals surface area contributed by atoms with Gasteiger partial charge >= 0.3 is 0 Å². The number of aliphatic imine (C=N–C) groups is 1. The second kappa shape index (κ2) is 11.1. The maximum atomic E-state index is 5.40. The molecule has 0 N–H and O–H groups in total. The average molecular weight is 685 g/mol. The number of aryl methyl sites for hydroxylation is 8. The van der Waals surface area contributed by atoms with Crippen LogP contribution in [0, 0.1) is 55.4 Å². The molecule has 8 bridgehead atoms. The molecule has 4 aromatic carbocycles. The Morgan fingerprint density at radius 1 is 0.490 bits per heavy atom. The third-order valence-electron chi connectivity index (χ3n) is 11.0. The maximum Gasteiger partial charge on any atom is 0.0704 e. The van der Waals surface area contributed by atoms with E-state index in [1.807, 2.05) is 0 Å². The van der Waals surface area contributed by atoms with Crippen LogP contribution in [0.5, 0.6) is 0 Å². The van der Waals surface area contributed by atoms with Gasteiger partial charge in [-0.15, -0.1) is 33.9 Å². The normalized spacial score (nSPS) is 19.3. The van der Waals surface area contributed by atoms with Crippen LogP contribution in [0.15, 0.2) is 53.5 Å². The Morgan fingerprint density at radius 3 is 1.65 bits per heavy atom. The van der Waals surface area contributed by atoms with Crippen LogP contribution in [-0.4, -0.2) is 5.71 Å². The molecular formula is C44H37CuN4-3. The largest absolute Gasteiger partial charge is 0.674 e. The predicted molar refractivity (Wildman–Crippen MR) is 202 cm³/mol. The van der Waals surface area contributed by atoms with Crippen LogP contribution in [0.4, 0.5) is 0 Å². The smallest absolute Gasteiger partial charge is 0.0704 e. The van der Waals surface area contributed by atoms with E-state index in [1.54, 1.807) is 0 Å². The molecule has 1 atom stereocenters. The predicted octanol–water partition coefficient (Wildman–Crippen LogP) is 8.87. The van der Waals surface area contributed by atoms with Gasteiger partial charge in [-0.1, -0.05) is 54.1 Å². The van der Waals surface area contributed by atoms with Crippen molar-refractivity contribution in [1.82, 2.24) is 9.97 Å². The van der Waals surface area contributed by atoms with Crippen molar-refractivity contribution in [2.45, 2.75) is 61.4 Å². The monoisotopic (exact) mass is 684 g/mol. The minimum Gasteiger partial charge on any atom is -0.674 e. The zero-order valence-electron chi connectivity index (χ0n) is 29.1. The second-order valence-electron chi connectivity index (χ2n) is 14.2. The molecule has 0 amide bonds. The van der Waals surface area contributed by atoms with Gasteiger partial charge in [0, 0.05) is 28.2 Å². The molecule has 0 aliphatic carbocycles. The molecule has 5 heterocycles. The van der Waals surface area contributed by atoms with Crippen LogP contribution < -0.4 is 20.7 Å². The molecule has 3 aliphatic heterocycles. The summed E-state index contributed by atoms with van der Waals surface area (Å²) < 4.78 is 0. The molecule has 4 nitrogen and oxygen atoms in total. The van der Waals surface area contributed by atoms with E-state index in [9.17, 15) is 0 Å². The fourth-order valence-corrected chi connectivity index (χ4v) is 7.52. The number of rotatable bonds is 0. The molecule has 3 aliphatic rings. The summed E-state index contributed by atoms with van der Waals surface area (Å²) in [5.41, 5.74) is 19.4. The third-order valence-corrected chi connectivity index (χ3v) is 11.0. The van der Waals surface area contributed by atoms with E-state index in [2.05, 4.69) is 128 Å². The van der Waals surface area contributed by atoms with Crippen molar-refractivity contribution in [1.29, 1.82) is 0 Å². The second-order valence-corrected chi connectivity index (χ2v) is 14.2. The van der Waals surface area contributed by atoms with Crippen molar-refractivity contribution in [3.63, 3.8) is 0 Å². The van der Waals surface area contributed by atoms with E-state index in [1.165, 1.54) is 55.6 Å². The molecule has 247 valence electrons. The van der Waals surface area contributed by atoms with Crippen molar-refractivity contribution in [3.8, 4) is 0 Å². The van der Waals surface area contributed by atoms with Crippen LogP contribution in [-0.2, 0) is 17.1 Å². The molecule has 2 aromatic heterocycles. The maximum absolute atomic E-state index is 5.40. The van der Waals surface area contributed by atoms with Gasteiger partial charge in [0.25, 0.3) is 0 Å². The molecule has 0 fully saturated rings. The van der Waals surface area contributed by atoms with E-state index in [0.29, 0.717) is 0 Å². The fraction of sp³-hybridized carbons (Fsp3) is 0.205. The molecule has 0 saturated carbocycles. The van der Waals surface area contributed by atoms with Gasteiger partial charge in [0.05, 0.1) is 11.4 Å². The average Bonchev–Trinajstić information content (AvgIpc) is 3.74. The number of benzene rings is 4. The summed E-state index contributed by atoms with van der Waals surface area (Å²) in [6.07, 6.45) is 8.81. The van der Waals surface area contributed by atoms with E-state index in [4.69, 9.17) is 20.3 Å². The molecule has 49 heavy (non-hydrogen) atoms. The molecule has 5 heteroatoms. The summed E-state index contributed by atoms with van der Waals surface area (Å²) in [4.78, 5) is 16.0. The summed E-state index contributed by atoms with van der Waals surface area (Å²) >= 11 is 0. The van der Waals surface area contributed by atoms with Crippen molar-refractivity contribution >= 4 is 63.0 Å². The van der Waals surface area contributed by atoms with Gasteiger partial charge in [0.2, 0.25) is 0 Å². The molecule has 0 saturated heterocycles. The van der Waals surface area contributed by atoms with Gasteiger partial charge in [-0.2, -0.15) is 0 Å². The zero-order chi connectivity index (χ0) is 33.2. The van der Waals surface area contributed by atoms with Crippen molar-refractivity contribution < 1.29 is 17.1 Å². The summed E-state index contributed by atoms with van der Waals surface area (Å²) in [5.74, 6) is 0. The number of nitrogens with zero attached hydrogens (tertiary/aromatic N) is 4. The van der Waals surface area contributed by atoms with Crippen molar-refractivity contribution in [3.05, 3.63) is 143 Å². The molecule has 1 radical (unpaired) electrons. The first kappa shape index (κ1) is 31.4. The van der Waals surface area contributed by atoms with Crippen LogP contribution in [0.25, 0.3) is 62.6 Å². The first-order chi connectivity index (χ1) is 23.0. The molecule has 0 spiro atoms. The van der Waals surface area contributed by atoms with Crippen LogP contribution in [0.1, 0.15) is 84.2 Å². The fourth-order valence-electron chi connectivity index (χ4n) is 7.52. The van der Waals surface area contributed by atoms with Gasteiger partial charge in [0.1, 0.15) is 0 Å². The van der Waals surface area contributed by atoms with E-state index >= 15 is 0 Å². The number of aromatic nitrogens is 2. The SMILES string of the molecule is Cc1cc2c(cc1C)/C1=C/c3[n-]c(c4cc(C)c(C)cc34)/C=C3\[N-]C(/C=c4\[n-]/c(c5cc(C)c(C)cc45)=C\C2=N1)c1cc(C)c(C)cc13.[Cu]. The zero-order valence-corrected chi connectivity index (χ0v) is 30.0.